The second-order valence-corrected chi connectivity index (χ2v) is 2.93. The van der Waals surface area contributed by atoms with Gasteiger partial charge in [-0.2, -0.15) is 0 Å². The van der Waals surface area contributed by atoms with Crippen molar-refractivity contribution in [2.75, 3.05) is 0 Å². The molecule has 1 fully saturated rings. The molecule has 4 unspecified atom stereocenters. The standard InChI is InChI=1S/C7H12O5/c1-3(8)12-5-2-4(9)6(10)7(5)11/h4-7,9-11H,2H2,1H3. The molecule has 1 rings (SSSR count). The summed E-state index contributed by atoms with van der Waals surface area (Å²) in [4.78, 5) is 10.5. The molecule has 1 aliphatic carbocycles. The van der Waals surface area contributed by atoms with Crippen LogP contribution in [0.5, 0.6) is 0 Å². The summed E-state index contributed by atoms with van der Waals surface area (Å²) >= 11 is 0. The first-order chi connectivity index (χ1) is 5.52. The summed E-state index contributed by atoms with van der Waals surface area (Å²) < 4.78 is 4.66. The number of esters is 1. The van der Waals surface area contributed by atoms with Crippen LogP contribution < -0.4 is 0 Å². The molecule has 4 atom stereocenters. The maximum Gasteiger partial charge on any atom is 0.302 e. The normalized spacial score (nSPS) is 41.3. The lowest BCUT2D eigenvalue weighted by atomic mass is 10.2. The van der Waals surface area contributed by atoms with Gasteiger partial charge in [0.05, 0.1) is 6.10 Å². The zero-order valence-corrected chi connectivity index (χ0v) is 6.67. The fourth-order valence-electron chi connectivity index (χ4n) is 1.30. The lowest BCUT2D eigenvalue weighted by molar-refractivity contribution is -0.152. The second kappa shape index (κ2) is 3.38. The van der Waals surface area contributed by atoms with E-state index in [4.69, 9.17) is 10.2 Å². The molecule has 0 spiro atoms. The summed E-state index contributed by atoms with van der Waals surface area (Å²) in [6.07, 6.45) is -4.10. The van der Waals surface area contributed by atoms with Gasteiger partial charge in [0.25, 0.3) is 0 Å². The smallest absolute Gasteiger partial charge is 0.302 e. The number of rotatable bonds is 1. The Labute approximate surface area is 69.6 Å². The maximum absolute atomic E-state index is 10.5. The number of aliphatic hydroxyl groups is 3. The molecular weight excluding hydrogens is 164 g/mol. The van der Waals surface area contributed by atoms with Gasteiger partial charge in [0.15, 0.2) is 0 Å². The first-order valence-corrected chi connectivity index (χ1v) is 3.74. The van der Waals surface area contributed by atoms with Crippen molar-refractivity contribution >= 4 is 5.97 Å². The van der Waals surface area contributed by atoms with E-state index in [0.29, 0.717) is 0 Å². The molecule has 0 saturated heterocycles. The highest BCUT2D eigenvalue weighted by atomic mass is 16.6. The maximum atomic E-state index is 10.5. The summed E-state index contributed by atoms with van der Waals surface area (Å²) in [5.74, 6) is -0.527. The SMILES string of the molecule is CC(=O)OC1CC(O)C(O)C1O. The van der Waals surface area contributed by atoms with Crippen molar-refractivity contribution in [2.24, 2.45) is 0 Å². The Balaban J connectivity index is 2.52. The Hall–Kier alpha value is -0.650. The molecule has 0 aliphatic heterocycles. The highest BCUT2D eigenvalue weighted by molar-refractivity contribution is 5.66. The number of hydrogen-bond acceptors (Lipinski definition) is 5. The Morgan fingerprint density at radius 3 is 2.25 bits per heavy atom. The summed E-state index contributed by atoms with van der Waals surface area (Å²) in [6, 6.07) is 0. The van der Waals surface area contributed by atoms with Gasteiger partial charge >= 0.3 is 5.97 Å². The van der Waals surface area contributed by atoms with Crippen molar-refractivity contribution in [3.8, 4) is 0 Å². The average molecular weight is 176 g/mol. The van der Waals surface area contributed by atoms with Crippen LogP contribution in [0.3, 0.4) is 0 Å². The number of carbonyl (C=O) groups excluding carboxylic acids is 1. The van der Waals surface area contributed by atoms with Crippen LogP contribution in [0.1, 0.15) is 13.3 Å². The Bertz CT molecular complexity index is 181. The molecule has 70 valence electrons. The van der Waals surface area contributed by atoms with E-state index in [-0.39, 0.29) is 6.42 Å². The molecule has 0 aromatic rings. The summed E-state index contributed by atoms with van der Waals surface area (Å²) in [5, 5.41) is 27.3. The first kappa shape index (κ1) is 9.44. The van der Waals surface area contributed by atoms with Crippen molar-refractivity contribution < 1.29 is 24.9 Å². The van der Waals surface area contributed by atoms with Crippen LogP contribution >= 0.6 is 0 Å². The van der Waals surface area contributed by atoms with E-state index in [2.05, 4.69) is 4.74 Å². The minimum Gasteiger partial charge on any atom is -0.460 e. The van der Waals surface area contributed by atoms with Crippen LogP contribution in [0.25, 0.3) is 0 Å². The quantitative estimate of drug-likeness (QED) is 0.419. The third-order valence-electron chi connectivity index (χ3n) is 1.92. The molecule has 1 aliphatic rings. The fraction of sp³-hybridized carbons (Fsp3) is 0.857. The van der Waals surface area contributed by atoms with Gasteiger partial charge in [0.1, 0.15) is 18.3 Å². The van der Waals surface area contributed by atoms with Crippen LogP contribution in [-0.2, 0) is 9.53 Å². The number of hydrogen-bond donors (Lipinski definition) is 3. The van der Waals surface area contributed by atoms with Crippen molar-refractivity contribution in [1.82, 2.24) is 0 Å². The number of carbonyl (C=O) groups is 1. The van der Waals surface area contributed by atoms with Crippen molar-refractivity contribution in [1.29, 1.82) is 0 Å². The van der Waals surface area contributed by atoms with Crippen molar-refractivity contribution in [3.05, 3.63) is 0 Å². The molecule has 12 heavy (non-hydrogen) atoms. The topological polar surface area (TPSA) is 87.0 Å². The van der Waals surface area contributed by atoms with Crippen LogP contribution in [0.15, 0.2) is 0 Å². The highest BCUT2D eigenvalue weighted by Crippen LogP contribution is 2.23. The van der Waals surface area contributed by atoms with Gasteiger partial charge < -0.3 is 20.1 Å². The third-order valence-corrected chi connectivity index (χ3v) is 1.92. The molecule has 5 heteroatoms. The number of ether oxygens (including phenoxy) is 1. The molecule has 0 bridgehead atoms. The van der Waals surface area contributed by atoms with Gasteiger partial charge in [-0.1, -0.05) is 0 Å². The Morgan fingerprint density at radius 2 is 1.92 bits per heavy atom. The molecule has 1 saturated carbocycles. The van der Waals surface area contributed by atoms with Crippen molar-refractivity contribution in [2.45, 2.75) is 37.8 Å². The molecule has 5 nitrogen and oxygen atoms in total. The van der Waals surface area contributed by atoms with Crippen LogP contribution in [0.4, 0.5) is 0 Å². The van der Waals surface area contributed by atoms with E-state index >= 15 is 0 Å². The molecule has 0 aromatic heterocycles. The van der Waals surface area contributed by atoms with Gasteiger partial charge in [-0.25, -0.2) is 0 Å². The van der Waals surface area contributed by atoms with Crippen molar-refractivity contribution in [3.63, 3.8) is 0 Å². The highest BCUT2D eigenvalue weighted by Gasteiger charge is 2.42. The predicted molar refractivity (Wildman–Crippen MR) is 38.2 cm³/mol. The van der Waals surface area contributed by atoms with Gasteiger partial charge in [-0.3, -0.25) is 4.79 Å². The van der Waals surface area contributed by atoms with Gasteiger partial charge in [0, 0.05) is 13.3 Å². The zero-order valence-electron chi connectivity index (χ0n) is 6.67. The molecule has 0 aromatic carbocycles. The van der Waals surface area contributed by atoms with E-state index in [1.807, 2.05) is 0 Å². The molecule has 0 amide bonds. The van der Waals surface area contributed by atoms with E-state index in [9.17, 15) is 9.90 Å². The van der Waals surface area contributed by atoms with E-state index in [1.54, 1.807) is 0 Å². The monoisotopic (exact) mass is 176 g/mol. The molecular formula is C7H12O5. The molecule has 0 radical (unpaired) electrons. The van der Waals surface area contributed by atoms with E-state index in [0.717, 1.165) is 0 Å². The minimum atomic E-state index is -1.21. The average Bonchev–Trinajstić information content (AvgIpc) is 2.17. The minimum absolute atomic E-state index is 0.0852. The van der Waals surface area contributed by atoms with Gasteiger partial charge in [-0.05, 0) is 0 Å². The lowest BCUT2D eigenvalue weighted by Crippen LogP contribution is -2.34. The lowest BCUT2D eigenvalue weighted by Gasteiger charge is -2.15. The summed E-state index contributed by atoms with van der Waals surface area (Å²) in [6.45, 7) is 1.21. The summed E-state index contributed by atoms with van der Waals surface area (Å²) in [5.41, 5.74) is 0. The van der Waals surface area contributed by atoms with Gasteiger partial charge in [0.2, 0.25) is 0 Å². The Morgan fingerprint density at radius 1 is 1.33 bits per heavy atom. The first-order valence-electron chi connectivity index (χ1n) is 3.74. The van der Waals surface area contributed by atoms with Crippen LogP contribution in [0.2, 0.25) is 0 Å². The second-order valence-electron chi connectivity index (χ2n) is 2.93. The Kier molecular flexibility index (Phi) is 2.66. The fourth-order valence-corrected chi connectivity index (χ4v) is 1.30. The summed E-state index contributed by atoms with van der Waals surface area (Å²) in [7, 11) is 0. The van der Waals surface area contributed by atoms with E-state index in [1.165, 1.54) is 6.92 Å². The third kappa shape index (κ3) is 1.74. The molecule has 3 N–H and O–H groups in total. The number of aliphatic hydroxyl groups excluding tert-OH is 3. The predicted octanol–water partition coefficient (Wildman–Crippen LogP) is -1.60. The zero-order chi connectivity index (χ0) is 9.30. The van der Waals surface area contributed by atoms with Gasteiger partial charge in [-0.15, -0.1) is 0 Å². The van der Waals surface area contributed by atoms with Crippen LogP contribution in [0, 0.1) is 0 Å². The largest absolute Gasteiger partial charge is 0.460 e. The molecule has 0 heterocycles. The van der Waals surface area contributed by atoms with Crippen LogP contribution in [-0.4, -0.2) is 45.7 Å². The van der Waals surface area contributed by atoms with E-state index < -0.39 is 30.4 Å².